The van der Waals surface area contributed by atoms with E-state index in [-0.39, 0.29) is 11.7 Å². The second kappa shape index (κ2) is 7.56. The second-order valence-electron chi connectivity index (χ2n) is 4.68. The molecule has 1 rings (SSSR count). The lowest BCUT2D eigenvalue weighted by Gasteiger charge is -2.19. The van der Waals surface area contributed by atoms with E-state index < -0.39 is 36.2 Å². The Morgan fingerprint density at radius 3 is 2.48 bits per heavy atom. The summed E-state index contributed by atoms with van der Waals surface area (Å²) in [6.07, 6.45) is 0. The molecule has 0 aromatic heterocycles. The van der Waals surface area contributed by atoms with E-state index in [0.717, 1.165) is 12.1 Å². The third kappa shape index (κ3) is 5.02. The van der Waals surface area contributed by atoms with E-state index in [0.29, 0.717) is 6.07 Å². The molecule has 0 heterocycles. The van der Waals surface area contributed by atoms with Crippen LogP contribution in [0.15, 0.2) is 18.2 Å². The second-order valence-corrected chi connectivity index (χ2v) is 4.68. The number of hydrogen-bond donors (Lipinski definition) is 1. The van der Waals surface area contributed by atoms with Crippen LogP contribution in [0.1, 0.15) is 13.8 Å². The van der Waals surface area contributed by atoms with Crippen LogP contribution in [0.2, 0.25) is 0 Å². The maximum Gasteiger partial charge on any atom is 0.328 e. The summed E-state index contributed by atoms with van der Waals surface area (Å²) in [6, 6.07) is 1.93. The Hall–Kier alpha value is -2.18. The molecule has 1 amide bonds. The minimum Gasteiger partial charge on any atom is -0.481 e. The number of halogens is 2. The summed E-state index contributed by atoms with van der Waals surface area (Å²) in [5, 5.41) is 2.43. The summed E-state index contributed by atoms with van der Waals surface area (Å²) in [5.41, 5.74) is 0. The third-order valence-corrected chi connectivity index (χ3v) is 2.69. The number of benzene rings is 1. The highest BCUT2D eigenvalue weighted by Gasteiger charge is 2.25. The largest absolute Gasteiger partial charge is 0.481 e. The number of ether oxygens (including phenoxy) is 2. The first-order valence-corrected chi connectivity index (χ1v) is 6.30. The van der Waals surface area contributed by atoms with Crippen LogP contribution in [-0.2, 0) is 14.3 Å². The summed E-state index contributed by atoms with van der Waals surface area (Å²) in [4.78, 5) is 23.2. The van der Waals surface area contributed by atoms with Crippen molar-refractivity contribution in [3.63, 3.8) is 0 Å². The lowest BCUT2D eigenvalue weighted by Crippen LogP contribution is -2.46. The minimum atomic E-state index is -0.906. The van der Waals surface area contributed by atoms with Crippen LogP contribution in [-0.4, -0.2) is 31.6 Å². The molecule has 5 nitrogen and oxygen atoms in total. The molecule has 1 N–H and O–H groups in total. The number of esters is 1. The average molecular weight is 301 g/mol. The van der Waals surface area contributed by atoms with E-state index in [1.165, 1.54) is 7.11 Å². The predicted molar refractivity (Wildman–Crippen MR) is 70.6 cm³/mol. The summed E-state index contributed by atoms with van der Waals surface area (Å²) in [5.74, 6) is -3.25. The molecule has 1 aromatic rings. The van der Waals surface area contributed by atoms with Gasteiger partial charge in [0.05, 0.1) is 7.11 Å². The van der Waals surface area contributed by atoms with E-state index >= 15 is 0 Å². The van der Waals surface area contributed by atoms with Crippen molar-refractivity contribution < 1.29 is 27.8 Å². The Kier molecular flexibility index (Phi) is 6.08. The Balaban J connectivity index is 2.58. The Morgan fingerprint density at radius 1 is 1.29 bits per heavy atom. The van der Waals surface area contributed by atoms with E-state index in [9.17, 15) is 18.4 Å². The van der Waals surface area contributed by atoms with Gasteiger partial charge in [0.15, 0.2) is 18.2 Å². The molecule has 0 radical (unpaired) electrons. The van der Waals surface area contributed by atoms with Crippen molar-refractivity contribution >= 4 is 11.9 Å². The molecule has 0 spiro atoms. The number of carbonyl (C=O) groups excluding carboxylic acids is 2. The van der Waals surface area contributed by atoms with Crippen LogP contribution in [0.3, 0.4) is 0 Å². The summed E-state index contributed by atoms with van der Waals surface area (Å²) < 4.78 is 35.5. The molecule has 0 fully saturated rings. The smallest absolute Gasteiger partial charge is 0.328 e. The molecular weight excluding hydrogens is 284 g/mol. The maximum absolute atomic E-state index is 13.3. The molecule has 0 aliphatic heterocycles. The van der Waals surface area contributed by atoms with Gasteiger partial charge in [0.1, 0.15) is 11.9 Å². The van der Waals surface area contributed by atoms with Crippen molar-refractivity contribution in [3.8, 4) is 5.75 Å². The fourth-order valence-corrected chi connectivity index (χ4v) is 1.58. The molecule has 0 unspecified atom stereocenters. The van der Waals surface area contributed by atoms with Crippen LogP contribution in [0, 0.1) is 17.6 Å². The van der Waals surface area contributed by atoms with Gasteiger partial charge in [-0.3, -0.25) is 4.79 Å². The molecule has 0 aliphatic rings. The van der Waals surface area contributed by atoms with Crippen molar-refractivity contribution in [1.29, 1.82) is 0 Å². The quantitative estimate of drug-likeness (QED) is 0.812. The van der Waals surface area contributed by atoms with E-state index in [1.54, 1.807) is 13.8 Å². The summed E-state index contributed by atoms with van der Waals surface area (Å²) >= 11 is 0. The molecule has 1 aromatic carbocycles. The normalized spacial score (nSPS) is 11.9. The van der Waals surface area contributed by atoms with Gasteiger partial charge >= 0.3 is 5.97 Å². The summed E-state index contributed by atoms with van der Waals surface area (Å²) in [7, 11) is 1.22. The summed E-state index contributed by atoms with van der Waals surface area (Å²) in [6.45, 7) is 2.98. The van der Waals surface area contributed by atoms with Crippen molar-refractivity contribution in [2.45, 2.75) is 19.9 Å². The van der Waals surface area contributed by atoms with E-state index in [1.807, 2.05) is 0 Å². The maximum atomic E-state index is 13.3. The highest BCUT2D eigenvalue weighted by molar-refractivity contribution is 5.85. The molecule has 0 saturated carbocycles. The zero-order valence-electron chi connectivity index (χ0n) is 12.0. The number of rotatable bonds is 6. The third-order valence-electron chi connectivity index (χ3n) is 2.69. The lowest BCUT2D eigenvalue weighted by molar-refractivity contribution is -0.146. The van der Waals surface area contributed by atoms with Gasteiger partial charge in [-0.2, -0.15) is 0 Å². The molecule has 21 heavy (non-hydrogen) atoms. The van der Waals surface area contributed by atoms with Gasteiger partial charge in [-0.05, 0) is 18.1 Å². The zero-order chi connectivity index (χ0) is 16.0. The zero-order valence-corrected chi connectivity index (χ0v) is 12.0. The van der Waals surface area contributed by atoms with Crippen LogP contribution in [0.4, 0.5) is 8.78 Å². The van der Waals surface area contributed by atoms with Crippen LogP contribution >= 0.6 is 0 Å². The van der Waals surface area contributed by atoms with Crippen molar-refractivity contribution in [2.75, 3.05) is 13.7 Å². The Bertz CT molecular complexity index is 520. The number of amides is 1. The van der Waals surface area contributed by atoms with Crippen LogP contribution in [0.5, 0.6) is 5.75 Å². The lowest BCUT2D eigenvalue weighted by atomic mass is 10.0. The molecule has 0 bridgehead atoms. The van der Waals surface area contributed by atoms with Gasteiger partial charge in [0.2, 0.25) is 0 Å². The monoisotopic (exact) mass is 301 g/mol. The molecule has 0 aliphatic carbocycles. The standard InChI is InChI=1S/C14H17F2NO4/c1-8(2)13(14(19)20-3)17-12(18)7-21-11-5-4-9(15)6-10(11)16/h4-6,8,13H,7H2,1-3H3,(H,17,18)/t13-/m0/s1. The number of hydrogen-bond acceptors (Lipinski definition) is 4. The molecule has 116 valence electrons. The van der Waals surface area contributed by atoms with Crippen molar-refractivity contribution in [3.05, 3.63) is 29.8 Å². The Labute approximate surface area is 121 Å². The van der Waals surface area contributed by atoms with E-state index in [4.69, 9.17) is 4.74 Å². The highest BCUT2D eigenvalue weighted by atomic mass is 19.1. The fourth-order valence-electron chi connectivity index (χ4n) is 1.58. The minimum absolute atomic E-state index is 0.177. The SMILES string of the molecule is COC(=O)[C@@H](NC(=O)COc1ccc(F)cc1F)C(C)C. The van der Waals surface area contributed by atoms with Gasteiger partial charge in [-0.15, -0.1) is 0 Å². The number of carbonyl (C=O) groups is 2. The predicted octanol–water partition coefficient (Wildman–Crippen LogP) is 1.66. The van der Waals surface area contributed by atoms with Gasteiger partial charge in [0.25, 0.3) is 5.91 Å². The first kappa shape index (κ1) is 16.9. The van der Waals surface area contributed by atoms with Crippen LogP contribution in [0.25, 0.3) is 0 Å². The van der Waals surface area contributed by atoms with Crippen molar-refractivity contribution in [2.24, 2.45) is 5.92 Å². The molecular formula is C14H17F2NO4. The topological polar surface area (TPSA) is 64.6 Å². The Morgan fingerprint density at radius 2 is 1.95 bits per heavy atom. The van der Waals surface area contributed by atoms with Gasteiger partial charge in [-0.25, -0.2) is 13.6 Å². The first-order valence-electron chi connectivity index (χ1n) is 6.30. The fraction of sp³-hybridized carbons (Fsp3) is 0.429. The van der Waals surface area contributed by atoms with E-state index in [2.05, 4.69) is 10.1 Å². The van der Waals surface area contributed by atoms with Gasteiger partial charge in [-0.1, -0.05) is 13.8 Å². The molecule has 1 atom stereocenters. The average Bonchev–Trinajstić information content (AvgIpc) is 2.42. The number of nitrogens with one attached hydrogen (secondary N) is 1. The van der Waals surface area contributed by atoms with Gasteiger partial charge < -0.3 is 14.8 Å². The number of methoxy groups -OCH3 is 1. The first-order chi connectivity index (χ1) is 9.85. The van der Waals surface area contributed by atoms with Gasteiger partial charge in [0, 0.05) is 6.07 Å². The molecule has 0 saturated heterocycles. The van der Waals surface area contributed by atoms with Crippen LogP contribution < -0.4 is 10.1 Å². The highest BCUT2D eigenvalue weighted by Crippen LogP contribution is 2.17. The van der Waals surface area contributed by atoms with Crippen molar-refractivity contribution in [1.82, 2.24) is 5.32 Å². The molecule has 7 heteroatoms.